The van der Waals surface area contributed by atoms with E-state index < -0.39 is 0 Å². The molecule has 1 aromatic rings. The lowest BCUT2D eigenvalue weighted by Gasteiger charge is -2.35. The van der Waals surface area contributed by atoms with Gasteiger partial charge in [0.15, 0.2) is 0 Å². The van der Waals surface area contributed by atoms with E-state index in [1.165, 1.54) is 16.7 Å². The lowest BCUT2D eigenvalue weighted by atomic mass is 9.85. The average molecular weight is 215 g/mol. The number of aryl methyl sites for hydroxylation is 1. The van der Waals surface area contributed by atoms with Crippen molar-refractivity contribution < 1.29 is 4.79 Å². The summed E-state index contributed by atoms with van der Waals surface area (Å²) in [5.41, 5.74) is 3.94. The first-order valence-electron chi connectivity index (χ1n) is 6.09. The molecule has 1 aromatic carbocycles. The molecule has 16 heavy (non-hydrogen) atoms. The first-order chi connectivity index (χ1) is 7.68. The smallest absolute Gasteiger partial charge is 0.230 e. The summed E-state index contributed by atoms with van der Waals surface area (Å²) in [5, 5.41) is 0. The number of hydrogen-bond donors (Lipinski definition) is 0. The van der Waals surface area contributed by atoms with Gasteiger partial charge in [-0.1, -0.05) is 23.8 Å². The summed E-state index contributed by atoms with van der Waals surface area (Å²) in [6.07, 6.45) is 2.28. The van der Waals surface area contributed by atoms with Crippen LogP contribution in [0.3, 0.4) is 0 Å². The summed E-state index contributed by atoms with van der Waals surface area (Å²) in [4.78, 5) is 14.3. The number of amides is 1. The van der Waals surface area contributed by atoms with Gasteiger partial charge in [-0.3, -0.25) is 4.79 Å². The molecule has 84 valence electrons. The van der Waals surface area contributed by atoms with Crippen molar-refractivity contribution in [3.05, 3.63) is 34.9 Å². The third-order valence-electron chi connectivity index (χ3n) is 3.97. The first-order valence-corrected chi connectivity index (χ1v) is 6.09. The van der Waals surface area contributed by atoms with E-state index in [0.29, 0.717) is 11.9 Å². The van der Waals surface area contributed by atoms with Crippen LogP contribution in [0.4, 0.5) is 0 Å². The molecule has 0 bridgehead atoms. The van der Waals surface area contributed by atoms with Gasteiger partial charge >= 0.3 is 0 Å². The van der Waals surface area contributed by atoms with Crippen molar-refractivity contribution in [2.45, 2.75) is 38.6 Å². The Morgan fingerprint density at radius 1 is 1.31 bits per heavy atom. The summed E-state index contributed by atoms with van der Waals surface area (Å²) >= 11 is 0. The van der Waals surface area contributed by atoms with Crippen molar-refractivity contribution in [2.24, 2.45) is 0 Å². The van der Waals surface area contributed by atoms with Crippen LogP contribution in [-0.2, 0) is 4.79 Å². The normalized spacial score (nSPS) is 27.9. The number of nitrogens with zero attached hydrogens (tertiary/aromatic N) is 1. The van der Waals surface area contributed by atoms with Gasteiger partial charge < -0.3 is 4.90 Å². The molecular weight excluding hydrogens is 198 g/mol. The first kappa shape index (κ1) is 9.88. The predicted octanol–water partition coefficient (Wildman–Crippen LogP) is 2.78. The number of rotatable bonds is 0. The summed E-state index contributed by atoms with van der Waals surface area (Å²) in [6, 6.07) is 6.88. The average Bonchev–Trinajstić information content (AvgIpc) is 2.75. The predicted molar refractivity (Wildman–Crippen MR) is 63.3 cm³/mol. The maximum atomic E-state index is 12.2. The standard InChI is InChI=1S/C14H17NO/c1-9-5-6-11-10(2)14(16)15-7-3-4-13(15)12(11)8-9/h5-6,8,10,13H,3-4,7H2,1-2H3/t10-,13+/m0/s1. The van der Waals surface area contributed by atoms with E-state index in [-0.39, 0.29) is 5.92 Å². The molecule has 2 heteroatoms. The molecule has 0 saturated carbocycles. The summed E-state index contributed by atoms with van der Waals surface area (Å²) in [7, 11) is 0. The van der Waals surface area contributed by atoms with E-state index in [9.17, 15) is 4.79 Å². The quantitative estimate of drug-likeness (QED) is 0.651. The second kappa shape index (κ2) is 3.34. The van der Waals surface area contributed by atoms with Crippen LogP contribution in [0.15, 0.2) is 18.2 Å². The summed E-state index contributed by atoms with van der Waals surface area (Å²) in [5.74, 6) is 0.365. The van der Waals surface area contributed by atoms with Gasteiger partial charge in [-0.25, -0.2) is 0 Å². The number of fused-ring (bicyclic) bond motifs is 3. The van der Waals surface area contributed by atoms with E-state index >= 15 is 0 Å². The van der Waals surface area contributed by atoms with Crippen LogP contribution < -0.4 is 0 Å². The van der Waals surface area contributed by atoms with Crippen LogP contribution in [0.2, 0.25) is 0 Å². The SMILES string of the molecule is Cc1ccc2c(c1)[C@H]1CCCN1C(=O)[C@H]2C. The zero-order chi connectivity index (χ0) is 11.3. The number of carbonyl (C=O) groups excluding carboxylic acids is 1. The molecule has 2 aliphatic rings. The fourth-order valence-electron chi connectivity index (χ4n) is 3.11. The van der Waals surface area contributed by atoms with E-state index in [1.54, 1.807) is 0 Å². The molecule has 3 rings (SSSR count). The zero-order valence-corrected chi connectivity index (χ0v) is 9.86. The highest BCUT2D eigenvalue weighted by Gasteiger charge is 2.39. The van der Waals surface area contributed by atoms with Crippen molar-refractivity contribution in [3.63, 3.8) is 0 Å². The maximum absolute atomic E-state index is 12.2. The Labute approximate surface area is 96.3 Å². The van der Waals surface area contributed by atoms with E-state index in [1.807, 2.05) is 6.92 Å². The highest BCUT2D eigenvalue weighted by Crippen LogP contribution is 2.42. The molecule has 0 aliphatic carbocycles. The molecule has 2 heterocycles. The topological polar surface area (TPSA) is 20.3 Å². The molecule has 0 aromatic heterocycles. The Balaban J connectivity index is 2.17. The zero-order valence-electron chi connectivity index (χ0n) is 9.86. The Kier molecular flexibility index (Phi) is 2.06. The Hall–Kier alpha value is -1.31. The molecule has 2 aliphatic heterocycles. The summed E-state index contributed by atoms with van der Waals surface area (Å²) in [6.45, 7) is 5.10. The van der Waals surface area contributed by atoms with Crippen molar-refractivity contribution in [3.8, 4) is 0 Å². The monoisotopic (exact) mass is 215 g/mol. The number of hydrogen-bond acceptors (Lipinski definition) is 1. The Morgan fingerprint density at radius 3 is 2.94 bits per heavy atom. The molecule has 0 N–H and O–H groups in total. The highest BCUT2D eigenvalue weighted by molar-refractivity contribution is 5.86. The van der Waals surface area contributed by atoms with Crippen LogP contribution >= 0.6 is 0 Å². The minimum Gasteiger partial charge on any atom is -0.335 e. The Morgan fingerprint density at radius 2 is 2.12 bits per heavy atom. The molecule has 2 nitrogen and oxygen atoms in total. The third-order valence-corrected chi connectivity index (χ3v) is 3.97. The lowest BCUT2D eigenvalue weighted by molar-refractivity contribution is -0.134. The largest absolute Gasteiger partial charge is 0.335 e. The van der Waals surface area contributed by atoms with E-state index in [4.69, 9.17) is 0 Å². The van der Waals surface area contributed by atoms with Crippen LogP contribution in [0.1, 0.15) is 48.4 Å². The van der Waals surface area contributed by atoms with Crippen molar-refractivity contribution in [2.75, 3.05) is 6.54 Å². The second-order valence-corrected chi connectivity index (χ2v) is 5.04. The molecule has 0 spiro atoms. The van der Waals surface area contributed by atoms with Crippen LogP contribution in [-0.4, -0.2) is 17.4 Å². The minimum absolute atomic E-state index is 0.0462. The maximum Gasteiger partial charge on any atom is 0.230 e. The molecule has 1 saturated heterocycles. The fraction of sp³-hybridized carbons (Fsp3) is 0.500. The van der Waals surface area contributed by atoms with Gasteiger partial charge in [0.25, 0.3) is 0 Å². The molecule has 1 amide bonds. The fourth-order valence-corrected chi connectivity index (χ4v) is 3.11. The molecular formula is C14H17NO. The van der Waals surface area contributed by atoms with E-state index in [0.717, 1.165) is 19.4 Å². The lowest BCUT2D eigenvalue weighted by Crippen LogP contribution is -2.38. The van der Waals surface area contributed by atoms with Crippen LogP contribution in [0.25, 0.3) is 0 Å². The van der Waals surface area contributed by atoms with Crippen molar-refractivity contribution in [1.82, 2.24) is 4.90 Å². The minimum atomic E-state index is 0.0462. The third kappa shape index (κ3) is 1.22. The summed E-state index contributed by atoms with van der Waals surface area (Å²) < 4.78 is 0. The van der Waals surface area contributed by atoms with Gasteiger partial charge in [0, 0.05) is 6.54 Å². The number of carbonyl (C=O) groups is 1. The van der Waals surface area contributed by atoms with Gasteiger partial charge in [0.2, 0.25) is 5.91 Å². The molecule has 1 fully saturated rings. The number of benzene rings is 1. The Bertz CT molecular complexity index is 452. The van der Waals surface area contributed by atoms with Gasteiger partial charge in [0.05, 0.1) is 12.0 Å². The van der Waals surface area contributed by atoms with Gasteiger partial charge in [-0.15, -0.1) is 0 Å². The van der Waals surface area contributed by atoms with Gasteiger partial charge in [0.1, 0.15) is 0 Å². The molecule has 2 atom stereocenters. The van der Waals surface area contributed by atoms with Crippen LogP contribution in [0.5, 0.6) is 0 Å². The van der Waals surface area contributed by atoms with Crippen molar-refractivity contribution >= 4 is 5.91 Å². The van der Waals surface area contributed by atoms with Gasteiger partial charge in [-0.05, 0) is 37.8 Å². The molecule has 0 unspecified atom stereocenters. The van der Waals surface area contributed by atoms with Gasteiger partial charge in [-0.2, -0.15) is 0 Å². The van der Waals surface area contributed by atoms with Crippen molar-refractivity contribution in [1.29, 1.82) is 0 Å². The second-order valence-electron chi connectivity index (χ2n) is 5.04. The molecule has 0 radical (unpaired) electrons. The highest BCUT2D eigenvalue weighted by atomic mass is 16.2. The van der Waals surface area contributed by atoms with E-state index in [2.05, 4.69) is 30.0 Å². The van der Waals surface area contributed by atoms with Crippen LogP contribution in [0, 0.1) is 6.92 Å².